The molecule has 0 unspecified atom stereocenters. The number of carbonyl (C=O) groups excluding carboxylic acids is 1. The van der Waals surface area contributed by atoms with Crippen molar-refractivity contribution in [2.24, 2.45) is 0 Å². The number of halogens is 1. The van der Waals surface area contributed by atoms with E-state index in [0.717, 1.165) is 11.1 Å². The van der Waals surface area contributed by atoms with Gasteiger partial charge in [0.2, 0.25) is 0 Å². The third-order valence-electron chi connectivity index (χ3n) is 5.06. The third kappa shape index (κ3) is 4.70. The summed E-state index contributed by atoms with van der Waals surface area (Å²) in [5, 5.41) is 2.79. The van der Waals surface area contributed by atoms with Gasteiger partial charge in [0, 0.05) is 46.9 Å². The molecule has 0 fully saturated rings. The van der Waals surface area contributed by atoms with Gasteiger partial charge < -0.3 is 11.1 Å². The number of anilines is 2. The van der Waals surface area contributed by atoms with E-state index in [2.05, 4.69) is 21.9 Å². The molecule has 5 nitrogen and oxygen atoms in total. The number of carbonyl (C=O) groups is 1. The summed E-state index contributed by atoms with van der Waals surface area (Å²) in [6.45, 7) is 3.93. The fourth-order valence-electron chi connectivity index (χ4n) is 3.30. The SMILES string of the molecule is C=C(C(=O)Nc1ccc(Cc2ccccc2F)nc1)c1cc(-c2cccnc2)ccc1N. The van der Waals surface area contributed by atoms with E-state index >= 15 is 0 Å². The lowest BCUT2D eigenvalue weighted by Crippen LogP contribution is -2.14. The second-order valence-corrected chi connectivity index (χ2v) is 7.28. The third-order valence-corrected chi connectivity index (χ3v) is 5.06. The van der Waals surface area contributed by atoms with Gasteiger partial charge in [0.25, 0.3) is 5.91 Å². The number of pyridine rings is 2. The Balaban J connectivity index is 1.47. The van der Waals surface area contributed by atoms with Gasteiger partial charge in [-0.25, -0.2) is 4.39 Å². The molecule has 2 heterocycles. The molecular weight excluding hydrogens is 403 g/mol. The summed E-state index contributed by atoms with van der Waals surface area (Å²) >= 11 is 0. The van der Waals surface area contributed by atoms with Crippen molar-refractivity contribution in [3.63, 3.8) is 0 Å². The van der Waals surface area contributed by atoms with E-state index in [-0.39, 0.29) is 17.3 Å². The van der Waals surface area contributed by atoms with Gasteiger partial charge in [-0.3, -0.25) is 14.8 Å². The second kappa shape index (κ2) is 9.22. The summed E-state index contributed by atoms with van der Waals surface area (Å²) in [4.78, 5) is 21.2. The van der Waals surface area contributed by atoms with Crippen LogP contribution >= 0.6 is 0 Å². The molecular formula is C26H21FN4O. The molecule has 3 N–H and O–H groups in total. The molecule has 0 aliphatic carbocycles. The van der Waals surface area contributed by atoms with Crippen molar-refractivity contribution in [1.29, 1.82) is 0 Å². The van der Waals surface area contributed by atoms with Gasteiger partial charge in [0.05, 0.1) is 11.9 Å². The summed E-state index contributed by atoms with van der Waals surface area (Å²) in [7, 11) is 0. The van der Waals surface area contributed by atoms with Gasteiger partial charge in [0.1, 0.15) is 5.82 Å². The lowest BCUT2D eigenvalue weighted by atomic mass is 9.98. The Bertz CT molecular complexity index is 1270. The minimum atomic E-state index is -0.385. The van der Waals surface area contributed by atoms with Crippen LogP contribution < -0.4 is 11.1 Å². The zero-order chi connectivity index (χ0) is 22.5. The molecule has 1 amide bonds. The summed E-state index contributed by atoms with van der Waals surface area (Å²) in [5.74, 6) is -0.655. The Labute approximate surface area is 185 Å². The normalized spacial score (nSPS) is 10.5. The Morgan fingerprint density at radius 3 is 2.56 bits per heavy atom. The molecule has 0 bridgehead atoms. The Morgan fingerprint density at radius 1 is 1.00 bits per heavy atom. The summed E-state index contributed by atoms with van der Waals surface area (Å²) in [6, 6.07) is 19.3. The fourth-order valence-corrected chi connectivity index (χ4v) is 3.30. The lowest BCUT2D eigenvalue weighted by molar-refractivity contribution is -0.111. The monoisotopic (exact) mass is 424 g/mol. The maximum absolute atomic E-state index is 13.8. The molecule has 0 radical (unpaired) electrons. The molecule has 158 valence electrons. The number of nitrogens with two attached hydrogens (primary N) is 1. The van der Waals surface area contributed by atoms with Crippen molar-refractivity contribution in [1.82, 2.24) is 9.97 Å². The van der Waals surface area contributed by atoms with Crippen molar-refractivity contribution >= 4 is 22.9 Å². The lowest BCUT2D eigenvalue weighted by Gasteiger charge is -2.12. The maximum Gasteiger partial charge on any atom is 0.255 e. The number of hydrogen-bond donors (Lipinski definition) is 2. The van der Waals surface area contributed by atoms with E-state index in [4.69, 9.17) is 5.73 Å². The summed E-state index contributed by atoms with van der Waals surface area (Å²) < 4.78 is 13.8. The van der Waals surface area contributed by atoms with Crippen LogP contribution in [0.3, 0.4) is 0 Å². The molecule has 2 aromatic heterocycles. The zero-order valence-electron chi connectivity index (χ0n) is 17.3. The van der Waals surface area contributed by atoms with E-state index in [1.54, 1.807) is 48.8 Å². The molecule has 0 aliphatic heterocycles. The molecule has 4 aromatic rings. The standard InChI is InChI=1S/C26H21FN4O/c1-17(23-14-18(8-11-25(23)28)20-6-4-12-29-15-20)26(32)31-22-10-9-21(30-16-22)13-19-5-2-3-7-24(19)27/h2-12,14-16H,1,13,28H2,(H,31,32). The molecule has 6 heteroatoms. The van der Waals surface area contributed by atoms with Crippen molar-refractivity contribution in [3.05, 3.63) is 115 Å². The van der Waals surface area contributed by atoms with E-state index in [1.807, 2.05) is 24.3 Å². The largest absolute Gasteiger partial charge is 0.398 e. The Morgan fingerprint density at radius 2 is 1.84 bits per heavy atom. The number of rotatable bonds is 6. The summed E-state index contributed by atoms with van der Waals surface area (Å²) in [6.07, 6.45) is 5.35. The van der Waals surface area contributed by atoms with E-state index < -0.39 is 0 Å². The van der Waals surface area contributed by atoms with Gasteiger partial charge in [-0.2, -0.15) is 0 Å². The van der Waals surface area contributed by atoms with Crippen LogP contribution in [0.1, 0.15) is 16.8 Å². The highest BCUT2D eigenvalue weighted by molar-refractivity contribution is 6.25. The van der Waals surface area contributed by atoms with Gasteiger partial charge in [0.15, 0.2) is 0 Å². The molecule has 0 spiro atoms. The highest BCUT2D eigenvalue weighted by Gasteiger charge is 2.14. The smallest absolute Gasteiger partial charge is 0.255 e. The van der Waals surface area contributed by atoms with Crippen LogP contribution in [0, 0.1) is 5.82 Å². The average Bonchev–Trinajstić information content (AvgIpc) is 2.82. The minimum Gasteiger partial charge on any atom is -0.398 e. The van der Waals surface area contributed by atoms with Gasteiger partial charge in [-0.1, -0.05) is 36.9 Å². The minimum absolute atomic E-state index is 0.240. The number of hydrogen-bond acceptors (Lipinski definition) is 4. The zero-order valence-corrected chi connectivity index (χ0v) is 17.3. The van der Waals surface area contributed by atoms with Crippen molar-refractivity contribution < 1.29 is 9.18 Å². The van der Waals surface area contributed by atoms with Crippen LogP contribution in [0.25, 0.3) is 16.7 Å². The number of nitrogen functional groups attached to an aromatic ring is 1. The first kappa shape index (κ1) is 20.9. The number of amides is 1. The van der Waals surface area contributed by atoms with Crippen LogP contribution in [-0.2, 0) is 11.2 Å². The van der Waals surface area contributed by atoms with E-state index in [1.165, 1.54) is 12.3 Å². The molecule has 0 atom stereocenters. The van der Waals surface area contributed by atoms with Gasteiger partial charge >= 0.3 is 0 Å². The van der Waals surface area contributed by atoms with E-state index in [0.29, 0.717) is 34.6 Å². The predicted octanol–water partition coefficient (Wildman–Crippen LogP) is 5.11. The number of aromatic nitrogens is 2. The number of nitrogens with zero attached hydrogens (tertiary/aromatic N) is 2. The molecule has 0 saturated carbocycles. The highest BCUT2D eigenvalue weighted by atomic mass is 19.1. The first-order valence-electron chi connectivity index (χ1n) is 10.00. The first-order valence-corrected chi connectivity index (χ1v) is 10.00. The van der Waals surface area contributed by atoms with Crippen molar-refractivity contribution in [3.8, 4) is 11.1 Å². The second-order valence-electron chi connectivity index (χ2n) is 7.28. The van der Waals surface area contributed by atoms with Crippen LogP contribution in [-0.4, -0.2) is 15.9 Å². The predicted molar refractivity (Wildman–Crippen MR) is 125 cm³/mol. The first-order chi connectivity index (χ1) is 15.5. The Kier molecular flexibility index (Phi) is 6.03. The number of nitrogens with one attached hydrogen (secondary N) is 1. The van der Waals surface area contributed by atoms with Crippen LogP contribution in [0.15, 0.2) is 91.9 Å². The van der Waals surface area contributed by atoms with Crippen LogP contribution in [0.2, 0.25) is 0 Å². The topological polar surface area (TPSA) is 80.9 Å². The van der Waals surface area contributed by atoms with Crippen molar-refractivity contribution in [2.75, 3.05) is 11.1 Å². The number of benzene rings is 2. The molecule has 0 saturated heterocycles. The van der Waals surface area contributed by atoms with Gasteiger partial charge in [-0.05, 0) is 47.5 Å². The van der Waals surface area contributed by atoms with Crippen molar-refractivity contribution in [2.45, 2.75) is 6.42 Å². The highest BCUT2D eigenvalue weighted by Crippen LogP contribution is 2.28. The van der Waals surface area contributed by atoms with Gasteiger partial charge in [-0.15, -0.1) is 0 Å². The molecule has 32 heavy (non-hydrogen) atoms. The van der Waals surface area contributed by atoms with E-state index in [9.17, 15) is 9.18 Å². The maximum atomic E-state index is 13.8. The summed E-state index contributed by atoms with van der Waals surface area (Å²) in [5.41, 5.74) is 10.9. The average molecular weight is 424 g/mol. The fraction of sp³-hybridized carbons (Fsp3) is 0.0385. The van der Waals surface area contributed by atoms with Crippen LogP contribution in [0.4, 0.5) is 15.8 Å². The molecule has 0 aliphatic rings. The molecule has 2 aromatic carbocycles. The van der Waals surface area contributed by atoms with Crippen LogP contribution in [0.5, 0.6) is 0 Å². The Hall–Kier alpha value is -4.32. The molecule has 4 rings (SSSR count). The quantitative estimate of drug-likeness (QED) is 0.333.